The summed E-state index contributed by atoms with van der Waals surface area (Å²) in [6, 6.07) is 3.81. The first-order valence-corrected chi connectivity index (χ1v) is 6.08. The highest BCUT2D eigenvalue weighted by Gasteiger charge is 2.13. The molecule has 1 N–H and O–H groups in total. The first-order valence-electron chi connectivity index (χ1n) is 5.70. The molecule has 0 spiro atoms. The topological polar surface area (TPSA) is 34.2 Å². The second kappa shape index (κ2) is 5.51. The van der Waals surface area contributed by atoms with Crippen LogP contribution in [0.3, 0.4) is 0 Å². The summed E-state index contributed by atoms with van der Waals surface area (Å²) in [5.41, 5.74) is 0.874. The minimum absolute atomic E-state index is 0.700. The van der Waals surface area contributed by atoms with Crippen molar-refractivity contribution in [1.82, 2.24) is 4.98 Å². The highest BCUT2D eigenvalue weighted by atomic mass is 35.5. The zero-order chi connectivity index (χ0) is 11.4. The molecule has 88 valence electrons. The van der Waals surface area contributed by atoms with E-state index in [-0.39, 0.29) is 0 Å². The molecule has 2 rings (SSSR count). The van der Waals surface area contributed by atoms with Crippen LogP contribution in [0.4, 0.5) is 5.82 Å². The summed E-state index contributed by atoms with van der Waals surface area (Å²) in [4.78, 5) is 4.38. The fourth-order valence-corrected chi connectivity index (χ4v) is 1.95. The predicted molar refractivity (Wildman–Crippen MR) is 66.0 cm³/mol. The SMILES string of the molecule is Cc1nc(NCC2CCOCC2)ccc1Cl. The number of halogens is 1. The Kier molecular flexibility index (Phi) is 4.02. The summed E-state index contributed by atoms with van der Waals surface area (Å²) >= 11 is 5.92. The highest BCUT2D eigenvalue weighted by Crippen LogP contribution is 2.18. The Balaban J connectivity index is 1.86. The number of ether oxygens (including phenoxy) is 1. The van der Waals surface area contributed by atoms with Crippen LogP contribution in [-0.4, -0.2) is 24.7 Å². The van der Waals surface area contributed by atoms with Crippen LogP contribution in [0.25, 0.3) is 0 Å². The lowest BCUT2D eigenvalue weighted by Crippen LogP contribution is -2.22. The molecule has 3 nitrogen and oxygen atoms in total. The van der Waals surface area contributed by atoms with E-state index in [9.17, 15) is 0 Å². The Morgan fingerprint density at radius 2 is 2.19 bits per heavy atom. The molecule has 1 aliphatic rings. The van der Waals surface area contributed by atoms with Gasteiger partial charge in [0, 0.05) is 19.8 Å². The van der Waals surface area contributed by atoms with E-state index in [2.05, 4.69) is 10.3 Å². The third kappa shape index (κ3) is 3.09. The van der Waals surface area contributed by atoms with Crippen LogP contribution in [-0.2, 0) is 4.74 Å². The average molecular weight is 241 g/mol. The van der Waals surface area contributed by atoms with Crippen LogP contribution in [0, 0.1) is 12.8 Å². The molecule has 0 radical (unpaired) electrons. The van der Waals surface area contributed by atoms with Gasteiger partial charge in [0.05, 0.1) is 10.7 Å². The second-order valence-corrected chi connectivity index (χ2v) is 4.61. The molecular formula is C12H17ClN2O. The third-order valence-electron chi connectivity index (χ3n) is 2.93. The third-order valence-corrected chi connectivity index (χ3v) is 3.33. The normalized spacial score (nSPS) is 17.4. The molecular weight excluding hydrogens is 224 g/mol. The largest absolute Gasteiger partial charge is 0.381 e. The van der Waals surface area contributed by atoms with Gasteiger partial charge in [-0.15, -0.1) is 0 Å². The molecule has 1 fully saturated rings. The van der Waals surface area contributed by atoms with Crippen molar-refractivity contribution in [3.8, 4) is 0 Å². The first kappa shape index (κ1) is 11.7. The number of nitrogens with one attached hydrogen (secondary N) is 1. The number of hydrogen-bond donors (Lipinski definition) is 1. The smallest absolute Gasteiger partial charge is 0.126 e. The van der Waals surface area contributed by atoms with Gasteiger partial charge in [0.15, 0.2) is 0 Å². The Labute approximate surface area is 101 Å². The molecule has 0 aliphatic carbocycles. The van der Waals surface area contributed by atoms with Crippen molar-refractivity contribution in [2.45, 2.75) is 19.8 Å². The lowest BCUT2D eigenvalue weighted by molar-refractivity contribution is 0.0699. The average Bonchev–Trinajstić information content (AvgIpc) is 2.32. The first-order chi connectivity index (χ1) is 7.75. The number of anilines is 1. The lowest BCUT2D eigenvalue weighted by Gasteiger charge is -2.22. The van der Waals surface area contributed by atoms with Crippen LogP contribution in [0.1, 0.15) is 18.5 Å². The Bertz CT molecular complexity index is 351. The summed E-state index contributed by atoms with van der Waals surface area (Å²) in [6.07, 6.45) is 2.28. The van der Waals surface area contributed by atoms with Crippen LogP contribution in [0.5, 0.6) is 0 Å². The molecule has 0 amide bonds. The fraction of sp³-hybridized carbons (Fsp3) is 0.583. The molecule has 1 aromatic rings. The van der Waals surface area contributed by atoms with Crippen molar-refractivity contribution in [3.05, 3.63) is 22.8 Å². The fourth-order valence-electron chi connectivity index (χ4n) is 1.84. The van der Waals surface area contributed by atoms with Gasteiger partial charge in [-0.25, -0.2) is 4.98 Å². The van der Waals surface area contributed by atoms with Crippen molar-refractivity contribution >= 4 is 17.4 Å². The number of rotatable bonds is 3. The Hall–Kier alpha value is -0.800. The van der Waals surface area contributed by atoms with Crippen molar-refractivity contribution in [3.63, 3.8) is 0 Å². The molecule has 16 heavy (non-hydrogen) atoms. The number of aromatic nitrogens is 1. The maximum Gasteiger partial charge on any atom is 0.126 e. The molecule has 1 aliphatic heterocycles. The number of hydrogen-bond acceptors (Lipinski definition) is 3. The summed E-state index contributed by atoms with van der Waals surface area (Å²) in [7, 11) is 0. The van der Waals surface area contributed by atoms with Gasteiger partial charge in [-0.1, -0.05) is 11.6 Å². The summed E-state index contributed by atoms with van der Waals surface area (Å²) in [5, 5.41) is 4.08. The Morgan fingerprint density at radius 3 is 2.88 bits per heavy atom. The predicted octanol–water partition coefficient (Wildman–Crippen LogP) is 2.88. The highest BCUT2D eigenvalue weighted by molar-refractivity contribution is 6.31. The van der Waals surface area contributed by atoms with E-state index in [0.29, 0.717) is 5.92 Å². The van der Waals surface area contributed by atoms with Gasteiger partial charge in [-0.2, -0.15) is 0 Å². The summed E-state index contributed by atoms with van der Waals surface area (Å²) in [5.74, 6) is 1.61. The zero-order valence-electron chi connectivity index (χ0n) is 9.50. The van der Waals surface area contributed by atoms with E-state index in [4.69, 9.17) is 16.3 Å². The number of pyridine rings is 1. The molecule has 1 saturated heterocycles. The van der Waals surface area contributed by atoms with E-state index in [1.807, 2.05) is 19.1 Å². The molecule has 0 bridgehead atoms. The monoisotopic (exact) mass is 240 g/mol. The quantitative estimate of drug-likeness (QED) is 0.882. The molecule has 0 aromatic carbocycles. The maximum absolute atomic E-state index is 5.92. The lowest BCUT2D eigenvalue weighted by atomic mass is 10.0. The van der Waals surface area contributed by atoms with E-state index in [1.54, 1.807) is 0 Å². The van der Waals surface area contributed by atoms with Gasteiger partial charge >= 0.3 is 0 Å². The summed E-state index contributed by atoms with van der Waals surface area (Å²) < 4.78 is 5.33. The molecule has 4 heteroatoms. The molecule has 0 saturated carbocycles. The van der Waals surface area contributed by atoms with Crippen LogP contribution in [0.2, 0.25) is 5.02 Å². The minimum Gasteiger partial charge on any atom is -0.381 e. The molecule has 0 unspecified atom stereocenters. The van der Waals surface area contributed by atoms with E-state index in [0.717, 1.165) is 49.1 Å². The van der Waals surface area contributed by atoms with Gasteiger partial charge in [0.2, 0.25) is 0 Å². The minimum atomic E-state index is 0.700. The summed E-state index contributed by atoms with van der Waals surface area (Å²) in [6.45, 7) is 4.66. The van der Waals surface area contributed by atoms with Crippen molar-refractivity contribution < 1.29 is 4.74 Å². The van der Waals surface area contributed by atoms with Crippen molar-refractivity contribution in [2.75, 3.05) is 25.1 Å². The standard InChI is InChI=1S/C12H17ClN2O/c1-9-11(13)2-3-12(15-9)14-8-10-4-6-16-7-5-10/h2-3,10H,4-8H2,1H3,(H,14,15). The van der Waals surface area contributed by atoms with Crippen molar-refractivity contribution in [2.24, 2.45) is 5.92 Å². The van der Waals surface area contributed by atoms with Crippen LogP contribution >= 0.6 is 11.6 Å². The van der Waals surface area contributed by atoms with Gasteiger partial charge < -0.3 is 10.1 Å². The van der Waals surface area contributed by atoms with Gasteiger partial charge in [0.1, 0.15) is 5.82 Å². The van der Waals surface area contributed by atoms with Gasteiger partial charge in [0.25, 0.3) is 0 Å². The van der Waals surface area contributed by atoms with E-state index >= 15 is 0 Å². The molecule has 2 heterocycles. The van der Waals surface area contributed by atoms with Crippen LogP contribution < -0.4 is 5.32 Å². The Morgan fingerprint density at radius 1 is 1.44 bits per heavy atom. The number of nitrogens with zero attached hydrogens (tertiary/aromatic N) is 1. The maximum atomic E-state index is 5.92. The van der Waals surface area contributed by atoms with Gasteiger partial charge in [-0.05, 0) is 37.8 Å². The molecule has 1 aromatic heterocycles. The van der Waals surface area contributed by atoms with E-state index in [1.165, 1.54) is 0 Å². The van der Waals surface area contributed by atoms with Crippen molar-refractivity contribution in [1.29, 1.82) is 0 Å². The van der Waals surface area contributed by atoms with Gasteiger partial charge in [-0.3, -0.25) is 0 Å². The molecule has 0 atom stereocenters. The number of aryl methyl sites for hydroxylation is 1. The second-order valence-electron chi connectivity index (χ2n) is 4.20. The zero-order valence-corrected chi connectivity index (χ0v) is 10.3. The van der Waals surface area contributed by atoms with E-state index < -0.39 is 0 Å². The van der Waals surface area contributed by atoms with Crippen LogP contribution in [0.15, 0.2) is 12.1 Å².